The molecule has 0 aliphatic rings. The number of ketones is 2. The lowest BCUT2D eigenvalue weighted by atomic mass is 10.1. The summed E-state index contributed by atoms with van der Waals surface area (Å²) in [6.07, 6.45) is 2.96. The summed E-state index contributed by atoms with van der Waals surface area (Å²) >= 11 is 12.8. The van der Waals surface area contributed by atoms with E-state index in [0.717, 1.165) is 16.8 Å². The molecular weight excluding hydrogens is 1070 g/mol. The Hall–Kier alpha value is -0.490. The van der Waals surface area contributed by atoms with Gasteiger partial charge in [-0.3, -0.25) is 18.6 Å². The Bertz CT molecular complexity index is 1910. The number of alkyl halides is 1. The van der Waals surface area contributed by atoms with E-state index in [9.17, 15) is 26.4 Å². The van der Waals surface area contributed by atoms with Gasteiger partial charge in [0.2, 0.25) is 20.0 Å². The molecule has 2 aromatic carbocycles. The van der Waals surface area contributed by atoms with Gasteiger partial charge in [0.25, 0.3) is 0 Å². The Morgan fingerprint density at radius 1 is 0.814 bits per heavy atom. The predicted molar refractivity (Wildman–Crippen MR) is 204 cm³/mol. The summed E-state index contributed by atoms with van der Waals surface area (Å²) in [6, 6.07) is 6.60. The predicted octanol–water partition coefficient (Wildman–Crippen LogP) is 8.60. The minimum atomic E-state index is -3.38. The van der Waals surface area contributed by atoms with Gasteiger partial charge in [0, 0.05) is 96.9 Å². The fourth-order valence-corrected chi connectivity index (χ4v) is 7.77. The Morgan fingerprint density at radius 3 is 1.63 bits per heavy atom. The summed E-state index contributed by atoms with van der Waals surface area (Å²) in [7, 11) is -5.30. The minimum absolute atomic E-state index is 0.00531. The summed E-state index contributed by atoms with van der Waals surface area (Å²) < 4.78 is 62.8. The summed E-state index contributed by atoms with van der Waals surface area (Å²) in [5.74, 6) is -0.0156. The molecule has 0 bridgehead atoms. The zero-order valence-electron chi connectivity index (χ0n) is 23.6. The molecule has 17 heteroatoms. The van der Waals surface area contributed by atoms with Crippen molar-refractivity contribution in [3.8, 4) is 0 Å². The number of nitrogens with zero attached hydrogens (tertiary/aromatic N) is 1. The maximum Gasteiger partial charge on any atom is 0.232 e. The number of nitrogens with one attached hydrogen (secondary N) is 1. The van der Waals surface area contributed by atoms with Crippen LogP contribution in [0.1, 0.15) is 47.4 Å². The Labute approximate surface area is 308 Å². The molecule has 0 aliphatic heterocycles. The first-order chi connectivity index (χ1) is 19.9. The van der Waals surface area contributed by atoms with Gasteiger partial charge in [-0.25, -0.2) is 16.8 Å². The fourth-order valence-electron chi connectivity index (χ4n) is 3.73. The van der Waals surface area contributed by atoms with Crippen molar-refractivity contribution in [2.75, 3.05) is 33.5 Å². The highest BCUT2D eigenvalue weighted by molar-refractivity contribution is 14.1. The van der Waals surface area contributed by atoms with Gasteiger partial charge in [0.15, 0.2) is 19.1 Å². The van der Waals surface area contributed by atoms with Crippen molar-refractivity contribution in [3.05, 3.63) is 51.9 Å². The van der Waals surface area contributed by atoms with Gasteiger partial charge in [-0.2, -0.15) is 0 Å². The molecule has 0 radical (unpaired) electrons. The van der Waals surface area contributed by atoms with Gasteiger partial charge in [0.1, 0.15) is 11.2 Å². The zero-order valence-corrected chi connectivity index (χ0v) is 34.9. The molecule has 0 atom stereocenters. The van der Waals surface area contributed by atoms with Crippen LogP contribution in [0.2, 0.25) is 0 Å². The highest BCUT2D eigenvalue weighted by Gasteiger charge is 2.23. The summed E-state index contributed by atoms with van der Waals surface area (Å²) in [5, 5.41) is 1.36. The number of halogens is 5. The standard InChI is InChI=1S/C13H13BrINO4S.C12H11BrINO4S.CH3I/c1-4-10(17)12-7-5-8(14)9(16(2)21(3,18)19)6-11(7)20-13(12)15;1-3-9(16)11-6-4-7(13)8(15-20(2,17)18)5-10(6)19-12(11)14;1-2/h5-6H,4H2,1-3H3;4-5,15H,3H2,1-2H3;1H3. The van der Waals surface area contributed by atoms with Crippen molar-refractivity contribution in [2.45, 2.75) is 26.7 Å². The van der Waals surface area contributed by atoms with Crippen LogP contribution in [0, 0.1) is 7.53 Å². The first-order valence-electron chi connectivity index (χ1n) is 12.1. The van der Waals surface area contributed by atoms with Gasteiger partial charge in [-0.05, 0) is 48.9 Å². The van der Waals surface area contributed by atoms with E-state index in [0.29, 0.717) is 73.8 Å². The maximum absolute atomic E-state index is 12.0. The van der Waals surface area contributed by atoms with Crippen molar-refractivity contribution in [3.63, 3.8) is 0 Å². The van der Waals surface area contributed by atoms with Crippen LogP contribution in [0.4, 0.5) is 11.4 Å². The molecule has 43 heavy (non-hydrogen) atoms. The molecule has 4 aromatic rings. The molecule has 0 unspecified atom stereocenters. The van der Waals surface area contributed by atoms with Crippen LogP contribution in [0.15, 0.2) is 42.0 Å². The van der Waals surface area contributed by atoms with E-state index >= 15 is 0 Å². The SMILES string of the molecule is CCC(=O)c1c(I)oc2cc(N(C)S(C)(=O)=O)c(Br)cc12.CCC(=O)c1c(I)oc2cc(NS(C)(=O)=O)c(Br)cc12.CI. The van der Waals surface area contributed by atoms with E-state index in [1.54, 1.807) is 38.1 Å². The Morgan fingerprint density at radius 2 is 1.23 bits per heavy atom. The van der Waals surface area contributed by atoms with Crippen LogP contribution in [0.3, 0.4) is 0 Å². The molecule has 4 rings (SSSR count). The number of Topliss-reactive ketones (excluding diaryl/α,β-unsaturated/α-hetero) is 2. The Kier molecular flexibility index (Phi) is 14.3. The lowest BCUT2D eigenvalue weighted by molar-refractivity contribution is 0.0979. The zero-order chi connectivity index (χ0) is 33.0. The number of carbonyl (C=O) groups excluding carboxylic acids is 2. The number of anilines is 2. The third kappa shape index (κ3) is 9.52. The molecule has 236 valence electrons. The van der Waals surface area contributed by atoms with Crippen molar-refractivity contribution in [1.29, 1.82) is 0 Å². The van der Waals surface area contributed by atoms with Gasteiger partial charge in [-0.1, -0.05) is 36.4 Å². The van der Waals surface area contributed by atoms with Crippen molar-refractivity contribution >= 4 is 165 Å². The van der Waals surface area contributed by atoms with Crippen LogP contribution >= 0.6 is 99.6 Å². The van der Waals surface area contributed by atoms with E-state index in [4.69, 9.17) is 8.83 Å². The monoisotopic (exact) mass is 1100 g/mol. The molecule has 1 N–H and O–H groups in total. The summed E-state index contributed by atoms with van der Waals surface area (Å²) in [6.45, 7) is 3.57. The number of benzene rings is 2. The Balaban J connectivity index is 0.000000284. The van der Waals surface area contributed by atoms with Gasteiger partial charge < -0.3 is 8.83 Å². The van der Waals surface area contributed by atoms with Crippen molar-refractivity contribution in [2.24, 2.45) is 0 Å². The van der Waals surface area contributed by atoms with Crippen molar-refractivity contribution < 1.29 is 35.3 Å². The molecule has 10 nitrogen and oxygen atoms in total. The van der Waals surface area contributed by atoms with Crippen LogP contribution in [-0.2, 0) is 20.0 Å². The smallest absolute Gasteiger partial charge is 0.232 e. The van der Waals surface area contributed by atoms with E-state index < -0.39 is 20.0 Å². The largest absolute Gasteiger partial charge is 0.449 e. The second kappa shape index (κ2) is 15.9. The van der Waals surface area contributed by atoms with Gasteiger partial charge in [-0.15, -0.1) is 0 Å². The van der Waals surface area contributed by atoms with Crippen molar-refractivity contribution in [1.82, 2.24) is 0 Å². The number of hydrogen-bond donors (Lipinski definition) is 1. The lowest BCUT2D eigenvalue weighted by Crippen LogP contribution is -2.25. The molecule has 0 aliphatic carbocycles. The van der Waals surface area contributed by atoms with E-state index in [1.807, 2.05) is 50.1 Å². The third-order valence-electron chi connectivity index (χ3n) is 5.78. The molecule has 0 fully saturated rings. The quantitative estimate of drug-likeness (QED) is 0.105. The van der Waals surface area contributed by atoms with Gasteiger partial charge in [0.05, 0.1) is 35.0 Å². The molecule has 2 heterocycles. The van der Waals surface area contributed by atoms with Crippen LogP contribution < -0.4 is 9.03 Å². The summed E-state index contributed by atoms with van der Waals surface area (Å²) in [4.78, 5) is 25.9. The highest BCUT2D eigenvalue weighted by Crippen LogP contribution is 2.37. The van der Waals surface area contributed by atoms with E-state index in [1.165, 1.54) is 7.05 Å². The topological polar surface area (TPSA) is 144 Å². The second-order valence-electron chi connectivity index (χ2n) is 8.79. The number of carbonyl (C=O) groups is 2. The average molecular weight is 1100 g/mol. The van der Waals surface area contributed by atoms with Gasteiger partial charge >= 0.3 is 0 Å². The third-order valence-corrected chi connectivity index (χ3v) is 10.4. The van der Waals surface area contributed by atoms with Crippen LogP contribution in [0.5, 0.6) is 0 Å². The minimum Gasteiger partial charge on any atom is -0.449 e. The number of fused-ring (bicyclic) bond motifs is 2. The maximum atomic E-state index is 12.0. The fraction of sp³-hybridized carbons (Fsp3) is 0.308. The van der Waals surface area contributed by atoms with Crippen LogP contribution in [-0.4, -0.2) is 52.9 Å². The lowest BCUT2D eigenvalue weighted by Gasteiger charge is -2.18. The second-order valence-corrected chi connectivity index (χ2v) is 16.2. The average Bonchev–Trinajstić information content (AvgIpc) is 3.41. The normalized spacial score (nSPS) is 11.4. The number of hydrogen-bond acceptors (Lipinski definition) is 8. The van der Waals surface area contributed by atoms with E-state index in [-0.39, 0.29) is 11.6 Å². The number of furan rings is 2. The first-order valence-corrected chi connectivity index (χ1v) is 21.7. The first kappa shape index (κ1) is 38.7. The summed E-state index contributed by atoms with van der Waals surface area (Å²) in [5.41, 5.74) is 2.88. The number of rotatable bonds is 8. The molecule has 0 spiro atoms. The highest BCUT2D eigenvalue weighted by atomic mass is 127. The molecule has 0 amide bonds. The molecule has 2 aromatic heterocycles. The van der Waals surface area contributed by atoms with E-state index in [2.05, 4.69) is 59.2 Å². The van der Waals surface area contributed by atoms with Crippen LogP contribution in [0.25, 0.3) is 21.9 Å². The molecular formula is C26H27Br2I3N2O8S2. The molecule has 0 saturated heterocycles. The molecule has 0 saturated carbocycles. The number of sulfonamides is 2.